The van der Waals surface area contributed by atoms with Crippen LogP contribution in [0.2, 0.25) is 0 Å². The van der Waals surface area contributed by atoms with Gasteiger partial charge in [0.2, 0.25) is 0 Å². The van der Waals surface area contributed by atoms with E-state index in [0.717, 1.165) is 25.0 Å². The lowest BCUT2D eigenvalue weighted by Crippen LogP contribution is -2.23. The first-order valence-electron chi connectivity index (χ1n) is 6.43. The minimum atomic E-state index is 0.465. The second-order valence-electron chi connectivity index (χ2n) is 5.65. The molecule has 0 saturated carbocycles. The van der Waals surface area contributed by atoms with Gasteiger partial charge in [0.1, 0.15) is 0 Å². The first kappa shape index (κ1) is 13.0. The lowest BCUT2D eigenvalue weighted by molar-refractivity contribution is 0.0578. The average molecular weight is 213 g/mol. The van der Waals surface area contributed by atoms with E-state index in [1.807, 2.05) is 0 Å². The normalized spacial score (nSPS) is 26.8. The van der Waals surface area contributed by atoms with Crippen molar-refractivity contribution < 1.29 is 4.74 Å². The summed E-state index contributed by atoms with van der Waals surface area (Å²) >= 11 is 0. The SMILES string of the molecule is CC(C)CCO[C@@H]1CN[C@@H](CC(C)C)C1. The summed E-state index contributed by atoms with van der Waals surface area (Å²) < 4.78 is 5.86. The van der Waals surface area contributed by atoms with E-state index in [1.165, 1.54) is 19.3 Å². The molecule has 0 aromatic rings. The second-order valence-corrected chi connectivity index (χ2v) is 5.65. The molecule has 0 bridgehead atoms. The first-order chi connectivity index (χ1) is 7.08. The molecule has 0 unspecified atom stereocenters. The predicted molar refractivity (Wildman–Crippen MR) is 65.1 cm³/mol. The van der Waals surface area contributed by atoms with Gasteiger partial charge in [-0.2, -0.15) is 0 Å². The number of nitrogens with one attached hydrogen (secondary N) is 1. The molecule has 0 radical (unpaired) electrons. The molecule has 1 N–H and O–H groups in total. The van der Waals surface area contributed by atoms with Crippen molar-refractivity contribution in [2.75, 3.05) is 13.2 Å². The molecule has 2 heteroatoms. The fraction of sp³-hybridized carbons (Fsp3) is 1.00. The Bertz CT molecular complexity index is 168. The molecule has 0 spiro atoms. The van der Waals surface area contributed by atoms with Gasteiger partial charge in [0, 0.05) is 19.2 Å². The van der Waals surface area contributed by atoms with E-state index in [9.17, 15) is 0 Å². The van der Waals surface area contributed by atoms with Crippen LogP contribution in [0.5, 0.6) is 0 Å². The van der Waals surface area contributed by atoms with Gasteiger partial charge in [0.15, 0.2) is 0 Å². The molecule has 0 aliphatic carbocycles. The maximum atomic E-state index is 5.86. The third-order valence-corrected chi connectivity index (χ3v) is 2.99. The number of hydrogen-bond acceptors (Lipinski definition) is 2. The van der Waals surface area contributed by atoms with Crippen LogP contribution in [0, 0.1) is 11.8 Å². The summed E-state index contributed by atoms with van der Waals surface area (Å²) in [4.78, 5) is 0. The third-order valence-electron chi connectivity index (χ3n) is 2.99. The van der Waals surface area contributed by atoms with Gasteiger partial charge in [-0.25, -0.2) is 0 Å². The van der Waals surface area contributed by atoms with Gasteiger partial charge in [-0.05, 0) is 31.1 Å². The Labute approximate surface area is 94.8 Å². The van der Waals surface area contributed by atoms with Crippen LogP contribution < -0.4 is 5.32 Å². The molecular weight excluding hydrogens is 186 g/mol. The van der Waals surface area contributed by atoms with E-state index in [4.69, 9.17) is 4.74 Å². The van der Waals surface area contributed by atoms with Crippen LogP contribution in [-0.4, -0.2) is 25.3 Å². The summed E-state index contributed by atoms with van der Waals surface area (Å²) in [5.74, 6) is 1.54. The van der Waals surface area contributed by atoms with Crippen molar-refractivity contribution >= 4 is 0 Å². The Kier molecular flexibility index (Phi) is 5.62. The highest BCUT2D eigenvalue weighted by Gasteiger charge is 2.24. The van der Waals surface area contributed by atoms with Gasteiger partial charge in [0.05, 0.1) is 6.10 Å². The van der Waals surface area contributed by atoms with Gasteiger partial charge >= 0.3 is 0 Å². The highest BCUT2D eigenvalue weighted by molar-refractivity contribution is 4.82. The van der Waals surface area contributed by atoms with Gasteiger partial charge in [0.25, 0.3) is 0 Å². The molecule has 1 heterocycles. The Balaban J connectivity index is 2.08. The molecule has 90 valence electrons. The molecule has 1 aliphatic heterocycles. The van der Waals surface area contributed by atoms with Crippen LogP contribution in [-0.2, 0) is 4.74 Å². The van der Waals surface area contributed by atoms with Gasteiger partial charge < -0.3 is 10.1 Å². The number of rotatable bonds is 6. The Hall–Kier alpha value is -0.0800. The van der Waals surface area contributed by atoms with E-state index < -0.39 is 0 Å². The van der Waals surface area contributed by atoms with E-state index in [2.05, 4.69) is 33.0 Å². The standard InChI is InChI=1S/C13H27NO/c1-10(2)5-6-15-13-8-12(14-9-13)7-11(3)4/h10-14H,5-9H2,1-4H3/t12-,13-/m0/s1. The van der Waals surface area contributed by atoms with Crippen molar-refractivity contribution in [1.29, 1.82) is 0 Å². The molecule has 2 nitrogen and oxygen atoms in total. The topological polar surface area (TPSA) is 21.3 Å². The predicted octanol–water partition coefficient (Wildman–Crippen LogP) is 2.83. The molecule has 15 heavy (non-hydrogen) atoms. The maximum Gasteiger partial charge on any atom is 0.0714 e. The molecule has 1 fully saturated rings. The fourth-order valence-corrected chi connectivity index (χ4v) is 2.13. The second kappa shape index (κ2) is 6.49. The lowest BCUT2D eigenvalue weighted by Gasteiger charge is -2.14. The van der Waals surface area contributed by atoms with E-state index in [-0.39, 0.29) is 0 Å². The molecule has 1 aliphatic rings. The van der Waals surface area contributed by atoms with Crippen molar-refractivity contribution in [3.05, 3.63) is 0 Å². The number of hydrogen-bond donors (Lipinski definition) is 1. The smallest absolute Gasteiger partial charge is 0.0714 e. The average Bonchev–Trinajstić information content (AvgIpc) is 2.50. The Morgan fingerprint density at radius 1 is 1.20 bits per heavy atom. The quantitative estimate of drug-likeness (QED) is 0.732. The van der Waals surface area contributed by atoms with Crippen molar-refractivity contribution in [2.45, 2.75) is 59.1 Å². The molecule has 0 aromatic carbocycles. The van der Waals surface area contributed by atoms with Gasteiger partial charge in [-0.3, -0.25) is 0 Å². The van der Waals surface area contributed by atoms with E-state index in [0.29, 0.717) is 12.1 Å². The van der Waals surface area contributed by atoms with Crippen molar-refractivity contribution in [3.63, 3.8) is 0 Å². The highest BCUT2D eigenvalue weighted by atomic mass is 16.5. The molecule has 0 amide bonds. The molecule has 2 atom stereocenters. The lowest BCUT2D eigenvalue weighted by atomic mass is 10.0. The minimum Gasteiger partial charge on any atom is -0.377 e. The molecule has 0 aromatic heterocycles. The maximum absolute atomic E-state index is 5.86. The Morgan fingerprint density at radius 2 is 1.93 bits per heavy atom. The van der Waals surface area contributed by atoms with Crippen molar-refractivity contribution in [3.8, 4) is 0 Å². The van der Waals surface area contributed by atoms with Crippen molar-refractivity contribution in [2.24, 2.45) is 11.8 Å². The largest absolute Gasteiger partial charge is 0.377 e. The van der Waals surface area contributed by atoms with Crippen LogP contribution >= 0.6 is 0 Å². The summed E-state index contributed by atoms with van der Waals surface area (Å²) in [5.41, 5.74) is 0. The summed E-state index contributed by atoms with van der Waals surface area (Å²) in [5, 5.41) is 3.55. The zero-order valence-electron chi connectivity index (χ0n) is 10.8. The summed E-state index contributed by atoms with van der Waals surface area (Å²) in [7, 11) is 0. The van der Waals surface area contributed by atoms with Crippen LogP contribution in [0.15, 0.2) is 0 Å². The zero-order valence-corrected chi connectivity index (χ0v) is 10.8. The van der Waals surface area contributed by atoms with Gasteiger partial charge in [-0.15, -0.1) is 0 Å². The van der Waals surface area contributed by atoms with Gasteiger partial charge in [-0.1, -0.05) is 27.7 Å². The van der Waals surface area contributed by atoms with E-state index >= 15 is 0 Å². The van der Waals surface area contributed by atoms with Crippen molar-refractivity contribution in [1.82, 2.24) is 5.32 Å². The first-order valence-corrected chi connectivity index (χ1v) is 6.43. The van der Waals surface area contributed by atoms with Crippen LogP contribution in [0.4, 0.5) is 0 Å². The summed E-state index contributed by atoms with van der Waals surface area (Å²) in [6, 6.07) is 0.689. The summed E-state index contributed by atoms with van der Waals surface area (Å²) in [6.45, 7) is 11.0. The fourth-order valence-electron chi connectivity index (χ4n) is 2.13. The minimum absolute atomic E-state index is 0.465. The zero-order chi connectivity index (χ0) is 11.3. The third kappa shape index (κ3) is 5.53. The monoisotopic (exact) mass is 213 g/mol. The van der Waals surface area contributed by atoms with E-state index in [1.54, 1.807) is 0 Å². The Morgan fingerprint density at radius 3 is 2.53 bits per heavy atom. The van der Waals surface area contributed by atoms with Crippen LogP contribution in [0.1, 0.15) is 47.0 Å². The molecule has 1 saturated heterocycles. The number of ether oxygens (including phenoxy) is 1. The molecular formula is C13H27NO. The summed E-state index contributed by atoms with van der Waals surface area (Å²) in [6.07, 6.45) is 4.14. The van der Waals surface area contributed by atoms with Crippen LogP contribution in [0.3, 0.4) is 0 Å². The molecule has 1 rings (SSSR count). The van der Waals surface area contributed by atoms with Crippen LogP contribution in [0.25, 0.3) is 0 Å². The highest BCUT2D eigenvalue weighted by Crippen LogP contribution is 2.17.